The highest BCUT2D eigenvalue weighted by molar-refractivity contribution is 6.06. The lowest BCUT2D eigenvalue weighted by Gasteiger charge is -2.30. The number of nitrogens with two attached hydrogens (primary N) is 1. The van der Waals surface area contributed by atoms with Crippen molar-refractivity contribution >= 4 is 40.4 Å². The quantitative estimate of drug-likeness (QED) is 0.237. The van der Waals surface area contributed by atoms with Gasteiger partial charge in [0.1, 0.15) is 17.3 Å². The van der Waals surface area contributed by atoms with Crippen molar-refractivity contribution in [1.82, 2.24) is 25.1 Å². The molecule has 0 unspecified atom stereocenters. The number of fused-ring (bicyclic) bond motifs is 3. The minimum absolute atomic E-state index is 0.00546. The van der Waals surface area contributed by atoms with Crippen LogP contribution >= 0.6 is 0 Å². The van der Waals surface area contributed by atoms with Crippen LogP contribution in [0.5, 0.6) is 0 Å². The molecule has 5 N–H and O–H groups in total. The number of aliphatic hydroxyl groups excluding tert-OH is 1. The van der Waals surface area contributed by atoms with Gasteiger partial charge in [-0.2, -0.15) is 18.3 Å². The number of hydrogen-bond acceptors (Lipinski definition) is 7. The third kappa shape index (κ3) is 6.53. The number of aliphatic hydroxyl groups is 1. The van der Waals surface area contributed by atoms with Gasteiger partial charge in [-0.15, -0.1) is 0 Å². The SMILES string of the molecule is Nc1ncc2c3c1c(-c1ccc(C(=O)Nc4cc(C(F)(F)F)ccn4)cc1)nn3[C@@H]1CCC[C@H](C1)NC(=O)CCC[C@@H](O)/C=C/2. The molecule has 2 aliphatic rings. The van der Waals surface area contributed by atoms with E-state index in [0.29, 0.717) is 42.3 Å². The summed E-state index contributed by atoms with van der Waals surface area (Å²) >= 11 is 0. The van der Waals surface area contributed by atoms with Crippen LogP contribution in [0.3, 0.4) is 0 Å². The maximum Gasteiger partial charge on any atom is 0.416 e. The van der Waals surface area contributed by atoms with Crippen molar-refractivity contribution in [3.8, 4) is 11.3 Å². The van der Waals surface area contributed by atoms with Gasteiger partial charge in [0.15, 0.2) is 0 Å². The van der Waals surface area contributed by atoms with Crippen LogP contribution in [-0.4, -0.2) is 48.8 Å². The van der Waals surface area contributed by atoms with Gasteiger partial charge < -0.3 is 21.5 Å². The van der Waals surface area contributed by atoms with E-state index in [-0.39, 0.29) is 35.2 Å². The molecule has 0 spiro atoms. The average Bonchev–Trinajstić information content (AvgIpc) is 3.42. The molecule has 10 nitrogen and oxygen atoms in total. The van der Waals surface area contributed by atoms with Crippen molar-refractivity contribution in [3.63, 3.8) is 0 Å². The van der Waals surface area contributed by atoms with Crippen LogP contribution in [0, 0.1) is 0 Å². The van der Waals surface area contributed by atoms with Gasteiger partial charge >= 0.3 is 6.18 Å². The van der Waals surface area contributed by atoms with Gasteiger partial charge in [0.25, 0.3) is 5.91 Å². The molecule has 0 saturated heterocycles. The fourth-order valence-electron chi connectivity index (χ4n) is 6.05. The number of aromatic nitrogens is 4. The third-order valence-electron chi connectivity index (χ3n) is 8.29. The number of benzene rings is 1. The number of nitrogen functional groups attached to an aromatic ring is 1. The molecule has 13 heteroatoms. The zero-order valence-electron chi connectivity index (χ0n) is 24.2. The van der Waals surface area contributed by atoms with Gasteiger partial charge in [-0.05, 0) is 62.8 Å². The van der Waals surface area contributed by atoms with Crippen LogP contribution in [0.1, 0.15) is 72.5 Å². The molecule has 2 amide bonds. The van der Waals surface area contributed by atoms with Crippen molar-refractivity contribution < 1.29 is 27.9 Å². The van der Waals surface area contributed by atoms with E-state index in [1.165, 1.54) is 0 Å². The molecular weight excluding hydrogens is 587 g/mol. The first-order valence-corrected chi connectivity index (χ1v) is 14.8. The number of amides is 2. The van der Waals surface area contributed by atoms with E-state index in [1.807, 2.05) is 10.8 Å². The zero-order valence-corrected chi connectivity index (χ0v) is 24.2. The Morgan fingerprint density at radius 2 is 1.89 bits per heavy atom. The van der Waals surface area contributed by atoms with Crippen molar-refractivity contribution in [2.75, 3.05) is 11.1 Å². The fraction of sp³-hybridized carbons (Fsp3) is 0.344. The standard InChI is InChI=1S/C32H32F3N7O3/c33-32(34,35)21-13-14-37-25(15-21)40-31(45)19-9-7-18(8-10-19)28-27-29-20(17-38-30(27)36)11-12-24(43)5-2-6-26(44)39-22-3-1-4-23(16-22)42(29)41-28/h7-15,17,22-24,43H,1-6,16H2,(H2,36,38)(H,39,44)(H,37,40,45)/b12-11+/t22-,23-,24-/m1/s1. The number of nitrogens with zero attached hydrogens (tertiary/aromatic N) is 4. The molecule has 1 aromatic carbocycles. The van der Waals surface area contributed by atoms with Crippen molar-refractivity contribution in [2.45, 2.75) is 69.3 Å². The molecule has 1 aliphatic heterocycles. The van der Waals surface area contributed by atoms with Gasteiger partial charge in [-0.25, -0.2) is 9.97 Å². The second-order valence-corrected chi connectivity index (χ2v) is 11.5. The maximum atomic E-state index is 13.1. The first kappa shape index (κ1) is 30.3. The number of alkyl halides is 3. The maximum absolute atomic E-state index is 13.1. The molecule has 0 radical (unpaired) electrons. The monoisotopic (exact) mass is 619 g/mol. The predicted molar refractivity (Wildman–Crippen MR) is 163 cm³/mol. The molecule has 45 heavy (non-hydrogen) atoms. The van der Waals surface area contributed by atoms with Crippen LogP contribution < -0.4 is 16.4 Å². The second kappa shape index (κ2) is 12.3. The summed E-state index contributed by atoms with van der Waals surface area (Å²) in [5.74, 6) is -0.598. The summed E-state index contributed by atoms with van der Waals surface area (Å²) in [6, 6.07) is 8.05. The molecule has 1 aliphatic carbocycles. The van der Waals surface area contributed by atoms with Crippen LogP contribution in [0.2, 0.25) is 0 Å². The summed E-state index contributed by atoms with van der Waals surface area (Å²) in [6.07, 6.45) is 5.50. The van der Waals surface area contributed by atoms with E-state index in [9.17, 15) is 27.9 Å². The largest absolute Gasteiger partial charge is 0.416 e. The van der Waals surface area contributed by atoms with E-state index in [0.717, 1.165) is 48.7 Å². The molecule has 6 rings (SSSR count). The minimum atomic E-state index is -4.57. The summed E-state index contributed by atoms with van der Waals surface area (Å²) in [7, 11) is 0. The summed E-state index contributed by atoms with van der Waals surface area (Å²) in [4.78, 5) is 33.7. The average molecular weight is 620 g/mol. The number of hydrogen-bond donors (Lipinski definition) is 4. The number of rotatable bonds is 3. The lowest BCUT2D eigenvalue weighted by Crippen LogP contribution is -2.39. The number of halogens is 3. The van der Waals surface area contributed by atoms with Crippen LogP contribution in [-0.2, 0) is 11.0 Å². The Kier molecular flexibility index (Phi) is 8.28. The Balaban J connectivity index is 1.37. The Hall–Kier alpha value is -4.78. The first-order chi connectivity index (χ1) is 21.6. The summed E-state index contributed by atoms with van der Waals surface area (Å²) < 4.78 is 41.2. The number of carbonyl (C=O) groups excluding carboxylic acids is 2. The number of anilines is 2. The van der Waals surface area contributed by atoms with Gasteiger partial charge in [-0.3, -0.25) is 14.3 Å². The van der Waals surface area contributed by atoms with Gasteiger partial charge in [0, 0.05) is 41.5 Å². The Bertz CT molecular complexity index is 1770. The second-order valence-electron chi connectivity index (χ2n) is 11.5. The lowest BCUT2D eigenvalue weighted by atomic mass is 9.90. The molecule has 234 valence electrons. The summed E-state index contributed by atoms with van der Waals surface area (Å²) in [6.45, 7) is 0. The minimum Gasteiger partial charge on any atom is -0.389 e. The topological polar surface area (TPSA) is 148 Å². The normalized spacial score (nSPS) is 21.5. The summed E-state index contributed by atoms with van der Waals surface area (Å²) in [5.41, 5.74) is 8.44. The Morgan fingerprint density at radius 3 is 2.67 bits per heavy atom. The molecule has 3 aromatic heterocycles. The highest BCUT2D eigenvalue weighted by Gasteiger charge is 2.31. The molecule has 4 heterocycles. The van der Waals surface area contributed by atoms with E-state index in [4.69, 9.17) is 10.8 Å². The fourth-order valence-corrected chi connectivity index (χ4v) is 6.05. The molecule has 1 fully saturated rings. The number of nitrogens with one attached hydrogen (secondary N) is 2. The Morgan fingerprint density at radius 1 is 1.09 bits per heavy atom. The van der Waals surface area contributed by atoms with E-state index < -0.39 is 23.8 Å². The van der Waals surface area contributed by atoms with Gasteiger partial charge in [0.05, 0.1) is 28.6 Å². The highest BCUT2D eigenvalue weighted by Crippen LogP contribution is 2.39. The number of carbonyl (C=O) groups is 2. The van der Waals surface area contributed by atoms with Gasteiger partial charge in [-0.1, -0.05) is 24.3 Å². The van der Waals surface area contributed by atoms with Crippen molar-refractivity contribution in [2.24, 2.45) is 0 Å². The molecule has 3 atom stereocenters. The highest BCUT2D eigenvalue weighted by atomic mass is 19.4. The third-order valence-corrected chi connectivity index (χ3v) is 8.29. The lowest BCUT2D eigenvalue weighted by molar-refractivity contribution is -0.137. The molecular formula is C32H32F3N7O3. The van der Waals surface area contributed by atoms with E-state index in [1.54, 1.807) is 36.5 Å². The molecule has 4 aromatic rings. The van der Waals surface area contributed by atoms with E-state index >= 15 is 0 Å². The van der Waals surface area contributed by atoms with Crippen LogP contribution in [0.15, 0.2) is 54.9 Å². The van der Waals surface area contributed by atoms with E-state index in [2.05, 4.69) is 20.6 Å². The smallest absolute Gasteiger partial charge is 0.389 e. The zero-order chi connectivity index (χ0) is 31.7. The van der Waals surface area contributed by atoms with Crippen LogP contribution in [0.4, 0.5) is 24.8 Å². The Labute approximate surface area is 256 Å². The predicted octanol–water partition coefficient (Wildman–Crippen LogP) is 5.50. The van der Waals surface area contributed by atoms with Gasteiger partial charge in [0.2, 0.25) is 5.91 Å². The molecule has 2 bridgehead atoms. The molecule has 1 saturated carbocycles. The van der Waals surface area contributed by atoms with Crippen LogP contribution in [0.25, 0.3) is 28.2 Å². The summed E-state index contributed by atoms with van der Waals surface area (Å²) in [5, 5.41) is 21.8. The van der Waals surface area contributed by atoms with Crippen molar-refractivity contribution in [1.29, 1.82) is 0 Å². The van der Waals surface area contributed by atoms with Crippen molar-refractivity contribution in [3.05, 3.63) is 71.6 Å². The first-order valence-electron chi connectivity index (χ1n) is 14.8. The number of pyridine rings is 2.